The van der Waals surface area contributed by atoms with E-state index in [1.807, 2.05) is 6.07 Å². The lowest BCUT2D eigenvalue weighted by atomic mass is 10.2. The lowest BCUT2D eigenvalue weighted by molar-refractivity contribution is 0.474. The van der Waals surface area contributed by atoms with Crippen molar-refractivity contribution in [1.82, 2.24) is 15.0 Å². The molecule has 0 bridgehead atoms. The maximum Gasteiger partial charge on any atom is 0.117 e. The van der Waals surface area contributed by atoms with Crippen LogP contribution >= 0.6 is 0 Å². The van der Waals surface area contributed by atoms with Gasteiger partial charge in [0.05, 0.1) is 17.6 Å². The number of nitrogens with two attached hydrogens (primary N) is 1. The average molecular weight is 218 g/mol. The monoisotopic (exact) mass is 218 g/mol. The van der Waals surface area contributed by atoms with Gasteiger partial charge in [-0.1, -0.05) is 11.3 Å². The zero-order chi connectivity index (χ0) is 11.4. The van der Waals surface area contributed by atoms with E-state index in [0.717, 1.165) is 24.2 Å². The second-order valence-electron chi connectivity index (χ2n) is 3.55. The van der Waals surface area contributed by atoms with Crippen LogP contribution < -0.4 is 5.73 Å². The Bertz CT molecular complexity index is 467. The van der Waals surface area contributed by atoms with Gasteiger partial charge in [-0.3, -0.25) is 0 Å². The molecule has 84 valence electrons. The molecule has 16 heavy (non-hydrogen) atoms. The Kier molecular flexibility index (Phi) is 3.16. The molecule has 0 aliphatic heterocycles. The minimum Gasteiger partial charge on any atom is -0.508 e. The maximum absolute atomic E-state index is 9.40. The summed E-state index contributed by atoms with van der Waals surface area (Å²) in [5, 5.41) is 17.3. The Labute approximate surface area is 93.5 Å². The summed E-state index contributed by atoms with van der Waals surface area (Å²) in [6.07, 6.45) is 3.45. The largest absolute Gasteiger partial charge is 0.508 e. The van der Waals surface area contributed by atoms with Crippen molar-refractivity contribution in [3.05, 3.63) is 36.2 Å². The van der Waals surface area contributed by atoms with E-state index in [4.69, 9.17) is 5.73 Å². The lowest BCUT2D eigenvalue weighted by Crippen LogP contribution is -2.05. The maximum atomic E-state index is 9.40. The number of aryl methyl sites for hydroxylation is 1. The van der Waals surface area contributed by atoms with Crippen LogP contribution in [-0.4, -0.2) is 26.6 Å². The molecule has 0 fully saturated rings. The van der Waals surface area contributed by atoms with E-state index in [2.05, 4.69) is 10.3 Å². The summed E-state index contributed by atoms with van der Waals surface area (Å²) >= 11 is 0. The Morgan fingerprint density at radius 1 is 1.38 bits per heavy atom. The highest BCUT2D eigenvalue weighted by molar-refractivity contribution is 5.38. The number of aromatic hydroxyl groups is 1. The van der Waals surface area contributed by atoms with E-state index in [-0.39, 0.29) is 5.75 Å². The minimum absolute atomic E-state index is 0.220. The third-order valence-electron chi connectivity index (χ3n) is 2.33. The van der Waals surface area contributed by atoms with E-state index in [1.165, 1.54) is 0 Å². The third kappa shape index (κ3) is 2.20. The van der Waals surface area contributed by atoms with Crippen LogP contribution in [0.3, 0.4) is 0 Å². The molecular weight excluding hydrogens is 204 g/mol. The number of nitrogens with zero attached hydrogens (tertiary/aromatic N) is 3. The number of aromatic nitrogens is 3. The minimum atomic E-state index is 0.220. The first kappa shape index (κ1) is 10.6. The SMILES string of the molecule is NCCCc1cnnn1-c1cccc(O)c1. The predicted octanol–water partition coefficient (Wildman–Crippen LogP) is 0.864. The Balaban J connectivity index is 2.29. The van der Waals surface area contributed by atoms with Crippen molar-refractivity contribution in [2.45, 2.75) is 12.8 Å². The number of phenols is 1. The molecule has 1 heterocycles. The molecule has 2 aromatic rings. The molecule has 1 aromatic heterocycles. The molecule has 1 aromatic carbocycles. The van der Waals surface area contributed by atoms with Crippen LogP contribution in [-0.2, 0) is 6.42 Å². The molecule has 0 aliphatic rings. The van der Waals surface area contributed by atoms with Gasteiger partial charge < -0.3 is 10.8 Å². The van der Waals surface area contributed by atoms with E-state index in [9.17, 15) is 5.11 Å². The van der Waals surface area contributed by atoms with Crippen molar-refractivity contribution >= 4 is 0 Å². The van der Waals surface area contributed by atoms with Crippen molar-refractivity contribution in [3.8, 4) is 11.4 Å². The Morgan fingerprint density at radius 3 is 3.00 bits per heavy atom. The van der Waals surface area contributed by atoms with Gasteiger partial charge in [0, 0.05) is 6.07 Å². The van der Waals surface area contributed by atoms with Crippen molar-refractivity contribution in [3.63, 3.8) is 0 Å². The van der Waals surface area contributed by atoms with Crippen LogP contribution in [0.1, 0.15) is 12.1 Å². The summed E-state index contributed by atoms with van der Waals surface area (Å²) in [4.78, 5) is 0. The topological polar surface area (TPSA) is 77.0 Å². The third-order valence-corrected chi connectivity index (χ3v) is 2.33. The Hall–Kier alpha value is -1.88. The number of benzene rings is 1. The molecule has 3 N–H and O–H groups in total. The van der Waals surface area contributed by atoms with Gasteiger partial charge in [-0.25, -0.2) is 4.68 Å². The molecule has 5 nitrogen and oxygen atoms in total. The second-order valence-corrected chi connectivity index (χ2v) is 3.55. The van der Waals surface area contributed by atoms with E-state index in [0.29, 0.717) is 6.54 Å². The summed E-state index contributed by atoms with van der Waals surface area (Å²) in [5.74, 6) is 0.220. The van der Waals surface area contributed by atoms with Gasteiger partial charge in [0.15, 0.2) is 0 Å². The number of hydrogen-bond donors (Lipinski definition) is 2. The standard InChI is InChI=1S/C11H14N4O/c12-6-2-4-10-8-13-14-15(10)9-3-1-5-11(16)7-9/h1,3,5,7-8,16H,2,4,6,12H2. The van der Waals surface area contributed by atoms with Crippen molar-refractivity contribution in [1.29, 1.82) is 0 Å². The van der Waals surface area contributed by atoms with Gasteiger partial charge in [0.2, 0.25) is 0 Å². The van der Waals surface area contributed by atoms with Crippen LogP contribution in [0.2, 0.25) is 0 Å². The first-order chi connectivity index (χ1) is 7.81. The predicted molar refractivity (Wildman–Crippen MR) is 60.4 cm³/mol. The summed E-state index contributed by atoms with van der Waals surface area (Å²) in [7, 11) is 0. The van der Waals surface area contributed by atoms with E-state index < -0.39 is 0 Å². The normalized spacial score (nSPS) is 10.6. The second kappa shape index (κ2) is 4.76. The highest BCUT2D eigenvalue weighted by Crippen LogP contribution is 2.16. The van der Waals surface area contributed by atoms with Gasteiger partial charge in [0.25, 0.3) is 0 Å². The van der Waals surface area contributed by atoms with Crippen molar-refractivity contribution < 1.29 is 5.11 Å². The first-order valence-electron chi connectivity index (χ1n) is 5.20. The van der Waals surface area contributed by atoms with Crippen LogP contribution in [0.5, 0.6) is 5.75 Å². The fourth-order valence-corrected chi connectivity index (χ4v) is 1.55. The van der Waals surface area contributed by atoms with Gasteiger partial charge >= 0.3 is 0 Å². The average Bonchev–Trinajstić information content (AvgIpc) is 2.74. The van der Waals surface area contributed by atoms with Crippen LogP contribution in [0, 0.1) is 0 Å². The summed E-state index contributed by atoms with van der Waals surface area (Å²) in [5.41, 5.74) is 7.27. The fourth-order valence-electron chi connectivity index (χ4n) is 1.55. The molecule has 0 aliphatic carbocycles. The number of rotatable bonds is 4. The molecule has 5 heteroatoms. The van der Waals surface area contributed by atoms with Gasteiger partial charge in [-0.15, -0.1) is 5.10 Å². The summed E-state index contributed by atoms with van der Waals surface area (Å²) < 4.78 is 1.72. The van der Waals surface area contributed by atoms with Gasteiger partial charge in [0.1, 0.15) is 5.75 Å². The molecule has 0 saturated carbocycles. The molecule has 0 radical (unpaired) electrons. The molecule has 0 amide bonds. The van der Waals surface area contributed by atoms with E-state index >= 15 is 0 Å². The summed E-state index contributed by atoms with van der Waals surface area (Å²) in [6, 6.07) is 6.93. The van der Waals surface area contributed by atoms with Crippen molar-refractivity contribution in [2.75, 3.05) is 6.54 Å². The van der Waals surface area contributed by atoms with Crippen LogP contribution in [0.25, 0.3) is 5.69 Å². The summed E-state index contributed by atoms with van der Waals surface area (Å²) in [6.45, 7) is 0.644. The molecule has 0 atom stereocenters. The van der Waals surface area contributed by atoms with Crippen LogP contribution in [0.15, 0.2) is 30.5 Å². The van der Waals surface area contributed by atoms with Crippen molar-refractivity contribution in [2.24, 2.45) is 5.73 Å². The number of phenolic OH excluding ortho intramolecular Hbond substituents is 1. The first-order valence-corrected chi connectivity index (χ1v) is 5.20. The molecule has 0 saturated heterocycles. The molecular formula is C11H14N4O. The zero-order valence-corrected chi connectivity index (χ0v) is 8.87. The van der Waals surface area contributed by atoms with Gasteiger partial charge in [-0.2, -0.15) is 0 Å². The lowest BCUT2D eigenvalue weighted by Gasteiger charge is -2.05. The van der Waals surface area contributed by atoms with Gasteiger partial charge in [-0.05, 0) is 31.5 Å². The quantitative estimate of drug-likeness (QED) is 0.798. The highest BCUT2D eigenvalue weighted by atomic mass is 16.3. The number of hydrogen-bond acceptors (Lipinski definition) is 4. The molecule has 2 rings (SSSR count). The zero-order valence-electron chi connectivity index (χ0n) is 8.87. The van der Waals surface area contributed by atoms with E-state index in [1.54, 1.807) is 29.1 Å². The highest BCUT2D eigenvalue weighted by Gasteiger charge is 2.05. The molecule has 0 spiro atoms. The Morgan fingerprint density at radius 2 is 2.25 bits per heavy atom. The molecule has 0 unspecified atom stereocenters. The van der Waals surface area contributed by atoms with Crippen LogP contribution in [0.4, 0.5) is 0 Å². The smallest absolute Gasteiger partial charge is 0.117 e. The fraction of sp³-hybridized carbons (Fsp3) is 0.273.